The quantitative estimate of drug-likeness (QED) is 0.425. The van der Waals surface area contributed by atoms with Gasteiger partial charge in [0.15, 0.2) is 5.78 Å². The Morgan fingerprint density at radius 2 is 1.41 bits per heavy atom. The summed E-state index contributed by atoms with van der Waals surface area (Å²) in [6.45, 7) is 1.37. The molecule has 3 aromatic rings. The molecular weight excluding hydrogens is 433 g/mol. The van der Waals surface area contributed by atoms with E-state index >= 15 is 0 Å². The maximum absolute atomic E-state index is 13.4. The maximum atomic E-state index is 13.4. The number of carbonyl (C=O) groups is 3. The van der Waals surface area contributed by atoms with Crippen LogP contribution in [-0.4, -0.2) is 30.3 Å². The van der Waals surface area contributed by atoms with Gasteiger partial charge < -0.3 is 10.1 Å². The second-order valence-corrected chi connectivity index (χ2v) is 8.25. The third kappa shape index (κ3) is 7.96. The topological polar surface area (TPSA) is 72.5 Å². The number of carbonyl (C=O) groups excluding carboxylic acids is 3. The average molecular weight is 462 g/mol. The first-order valence-corrected chi connectivity index (χ1v) is 11.2. The van der Waals surface area contributed by atoms with Crippen molar-refractivity contribution in [2.75, 3.05) is 6.61 Å². The number of ketones is 1. The van der Waals surface area contributed by atoms with Crippen LogP contribution in [0, 0.1) is 11.7 Å². The molecule has 0 aliphatic carbocycles. The molecular formula is C28H28FNO4. The van der Waals surface area contributed by atoms with Crippen molar-refractivity contribution < 1.29 is 23.5 Å². The molecule has 5 nitrogen and oxygen atoms in total. The molecule has 3 aromatic carbocycles. The van der Waals surface area contributed by atoms with E-state index in [-0.39, 0.29) is 36.5 Å². The zero-order valence-electron chi connectivity index (χ0n) is 19.1. The van der Waals surface area contributed by atoms with E-state index in [1.807, 2.05) is 36.4 Å². The Morgan fingerprint density at radius 1 is 0.824 bits per heavy atom. The molecule has 0 unspecified atom stereocenters. The van der Waals surface area contributed by atoms with E-state index in [1.165, 1.54) is 19.1 Å². The minimum Gasteiger partial charge on any atom is -0.466 e. The van der Waals surface area contributed by atoms with Crippen LogP contribution in [-0.2, 0) is 27.2 Å². The summed E-state index contributed by atoms with van der Waals surface area (Å²) in [7, 11) is 0. The third-order valence-electron chi connectivity index (χ3n) is 5.46. The van der Waals surface area contributed by atoms with Crippen LogP contribution in [0.15, 0.2) is 84.9 Å². The Labute approximate surface area is 199 Å². The molecule has 176 valence electrons. The van der Waals surface area contributed by atoms with Gasteiger partial charge in [-0.2, -0.15) is 0 Å². The van der Waals surface area contributed by atoms with Crippen molar-refractivity contribution in [1.29, 1.82) is 0 Å². The van der Waals surface area contributed by atoms with Crippen LogP contribution in [0.25, 0.3) is 0 Å². The minimum absolute atomic E-state index is 0.0587. The largest absolute Gasteiger partial charge is 0.466 e. The van der Waals surface area contributed by atoms with Crippen molar-refractivity contribution in [3.63, 3.8) is 0 Å². The van der Waals surface area contributed by atoms with Gasteiger partial charge in [-0.15, -0.1) is 0 Å². The monoisotopic (exact) mass is 461 g/mol. The Bertz CT molecular complexity index is 1080. The standard InChI is InChI=1S/C28H28FNO4/c1-20(31)34-19-23(16-22-12-14-25(29)15-13-22)18-27(32)26(17-21-8-4-2-5-9-21)30-28(33)24-10-6-3-7-11-24/h2-15,23,26H,16-19H2,1H3,(H,30,33)/t23-,26+/m1/s1. The number of Topliss-reactive ketones (excluding diaryl/α,β-unsaturated/α-hetero) is 1. The molecule has 1 N–H and O–H groups in total. The van der Waals surface area contributed by atoms with E-state index in [9.17, 15) is 18.8 Å². The van der Waals surface area contributed by atoms with E-state index < -0.39 is 12.0 Å². The fourth-order valence-electron chi connectivity index (χ4n) is 3.73. The highest BCUT2D eigenvalue weighted by atomic mass is 19.1. The molecule has 0 heterocycles. The number of nitrogens with one attached hydrogen (secondary N) is 1. The van der Waals surface area contributed by atoms with Crippen LogP contribution in [0.5, 0.6) is 0 Å². The van der Waals surface area contributed by atoms with Crippen molar-refractivity contribution in [3.05, 3.63) is 107 Å². The van der Waals surface area contributed by atoms with Crippen LogP contribution < -0.4 is 5.32 Å². The number of halogens is 1. The highest BCUT2D eigenvalue weighted by Crippen LogP contribution is 2.17. The summed E-state index contributed by atoms with van der Waals surface area (Å²) in [6.07, 6.45) is 0.871. The number of hydrogen-bond donors (Lipinski definition) is 1. The van der Waals surface area contributed by atoms with Crippen LogP contribution in [0.4, 0.5) is 4.39 Å². The van der Waals surface area contributed by atoms with E-state index in [0.717, 1.165) is 11.1 Å². The van der Waals surface area contributed by atoms with Gasteiger partial charge in [0.05, 0.1) is 12.6 Å². The van der Waals surface area contributed by atoms with Gasteiger partial charge in [-0.25, -0.2) is 4.39 Å². The van der Waals surface area contributed by atoms with Gasteiger partial charge in [-0.3, -0.25) is 14.4 Å². The molecule has 34 heavy (non-hydrogen) atoms. The van der Waals surface area contributed by atoms with Gasteiger partial charge in [-0.05, 0) is 48.2 Å². The van der Waals surface area contributed by atoms with Crippen molar-refractivity contribution in [2.45, 2.75) is 32.2 Å². The van der Waals surface area contributed by atoms with Crippen LogP contribution in [0.3, 0.4) is 0 Å². The number of esters is 1. The Hall–Kier alpha value is -3.80. The minimum atomic E-state index is -0.747. The summed E-state index contributed by atoms with van der Waals surface area (Å²) in [6, 6.07) is 23.5. The molecule has 0 aliphatic heterocycles. The van der Waals surface area contributed by atoms with Gasteiger partial charge in [0.1, 0.15) is 5.82 Å². The lowest BCUT2D eigenvalue weighted by molar-refractivity contribution is -0.143. The molecule has 3 rings (SSSR count). The van der Waals surface area contributed by atoms with Gasteiger partial charge in [0.2, 0.25) is 0 Å². The first-order valence-electron chi connectivity index (χ1n) is 11.2. The molecule has 0 saturated carbocycles. The number of benzene rings is 3. The molecule has 0 fully saturated rings. The number of hydrogen-bond acceptors (Lipinski definition) is 4. The third-order valence-corrected chi connectivity index (χ3v) is 5.46. The fraction of sp³-hybridized carbons (Fsp3) is 0.250. The molecule has 0 saturated heterocycles. The highest BCUT2D eigenvalue weighted by Gasteiger charge is 2.25. The van der Waals surface area contributed by atoms with Crippen molar-refractivity contribution >= 4 is 17.7 Å². The summed E-state index contributed by atoms with van der Waals surface area (Å²) < 4.78 is 18.5. The molecule has 0 aromatic heterocycles. The lowest BCUT2D eigenvalue weighted by Gasteiger charge is -2.22. The Morgan fingerprint density at radius 3 is 2.03 bits per heavy atom. The van der Waals surface area contributed by atoms with Gasteiger partial charge >= 0.3 is 5.97 Å². The normalized spacial score (nSPS) is 12.4. The predicted octanol–water partition coefficient (Wildman–Crippen LogP) is 4.55. The van der Waals surface area contributed by atoms with Crippen molar-refractivity contribution in [1.82, 2.24) is 5.32 Å². The smallest absolute Gasteiger partial charge is 0.302 e. The SMILES string of the molecule is CC(=O)OC[C@@H](CC(=O)[C@H](Cc1ccccc1)NC(=O)c1ccccc1)Cc1ccc(F)cc1. The number of ether oxygens (including phenoxy) is 1. The Kier molecular flexibility index (Phi) is 9.09. The van der Waals surface area contributed by atoms with Gasteiger partial charge in [0.25, 0.3) is 5.91 Å². The Balaban J connectivity index is 1.77. The van der Waals surface area contributed by atoms with Crippen molar-refractivity contribution in [2.24, 2.45) is 5.92 Å². The van der Waals surface area contributed by atoms with Crippen LogP contribution in [0.2, 0.25) is 0 Å². The summed E-state index contributed by atoms with van der Waals surface area (Å²) in [4.78, 5) is 37.6. The lowest BCUT2D eigenvalue weighted by Crippen LogP contribution is -2.43. The first-order chi connectivity index (χ1) is 16.4. The van der Waals surface area contributed by atoms with E-state index in [0.29, 0.717) is 18.4 Å². The first kappa shape index (κ1) is 24.8. The summed E-state index contributed by atoms with van der Waals surface area (Å²) in [5.74, 6) is -1.58. The summed E-state index contributed by atoms with van der Waals surface area (Å²) in [5, 5.41) is 2.88. The fourth-order valence-corrected chi connectivity index (χ4v) is 3.73. The summed E-state index contributed by atoms with van der Waals surface area (Å²) in [5.41, 5.74) is 2.22. The van der Waals surface area contributed by atoms with Crippen LogP contribution >= 0.6 is 0 Å². The molecule has 0 aliphatic rings. The van der Waals surface area contributed by atoms with Crippen molar-refractivity contribution in [3.8, 4) is 0 Å². The van der Waals surface area contributed by atoms with Gasteiger partial charge in [-0.1, -0.05) is 60.7 Å². The zero-order valence-corrected chi connectivity index (χ0v) is 19.1. The predicted molar refractivity (Wildman–Crippen MR) is 128 cm³/mol. The second kappa shape index (κ2) is 12.4. The maximum Gasteiger partial charge on any atom is 0.302 e. The molecule has 0 radical (unpaired) electrons. The van der Waals surface area contributed by atoms with Crippen LogP contribution in [0.1, 0.15) is 34.8 Å². The molecule has 1 amide bonds. The van der Waals surface area contributed by atoms with E-state index in [2.05, 4.69) is 5.32 Å². The molecule has 6 heteroatoms. The number of amides is 1. The highest BCUT2D eigenvalue weighted by molar-refractivity contribution is 5.98. The molecule has 0 bridgehead atoms. The summed E-state index contributed by atoms with van der Waals surface area (Å²) >= 11 is 0. The zero-order chi connectivity index (χ0) is 24.3. The van der Waals surface area contributed by atoms with E-state index in [4.69, 9.17) is 4.74 Å². The average Bonchev–Trinajstić information content (AvgIpc) is 2.84. The van der Waals surface area contributed by atoms with Gasteiger partial charge in [0, 0.05) is 24.8 Å². The second-order valence-electron chi connectivity index (χ2n) is 8.25. The number of rotatable bonds is 11. The van der Waals surface area contributed by atoms with E-state index in [1.54, 1.807) is 36.4 Å². The lowest BCUT2D eigenvalue weighted by atomic mass is 9.90. The molecule has 2 atom stereocenters. The molecule has 0 spiro atoms.